The molecule has 56 heavy (non-hydrogen) atoms. The summed E-state index contributed by atoms with van der Waals surface area (Å²) < 4.78 is 0. The lowest BCUT2D eigenvalue weighted by Gasteiger charge is -2.40. The lowest BCUT2D eigenvalue weighted by Crippen LogP contribution is -2.32. The molecular weight excluding hydrogens is 697 g/mol. The van der Waals surface area contributed by atoms with Crippen molar-refractivity contribution in [1.82, 2.24) is 0 Å². The highest BCUT2D eigenvalue weighted by molar-refractivity contribution is 8.00. The summed E-state index contributed by atoms with van der Waals surface area (Å²) in [7, 11) is 0. The Morgan fingerprint density at radius 3 is 1.73 bits per heavy atom. The van der Waals surface area contributed by atoms with Gasteiger partial charge in [0.05, 0.1) is 11.1 Å². The van der Waals surface area contributed by atoms with Crippen LogP contribution >= 0.6 is 11.8 Å². The minimum Gasteiger partial charge on any atom is -0.360 e. The smallest absolute Gasteiger partial charge is 0.145 e. The normalized spacial score (nSPS) is 15.6. The highest BCUT2D eigenvalue weighted by Crippen LogP contribution is 2.65. The lowest BCUT2D eigenvalue weighted by atomic mass is 9.66. The van der Waals surface area contributed by atoms with E-state index in [4.69, 9.17) is 4.99 Å². The second kappa shape index (κ2) is 12.2. The zero-order chi connectivity index (χ0) is 36.8. The molecule has 0 saturated carbocycles. The number of hydrogen-bond donors (Lipinski definition) is 1. The molecule has 3 aliphatic rings. The number of hydrogen-bond acceptors (Lipinski definition) is 3. The molecule has 0 bridgehead atoms. The quantitative estimate of drug-likeness (QED) is 0.196. The van der Waals surface area contributed by atoms with E-state index in [0.717, 1.165) is 28.1 Å². The largest absolute Gasteiger partial charge is 0.360 e. The first-order valence-corrected chi connectivity index (χ1v) is 20.1. The standard InChI is InChI=1S/C53H34N2S/c1-2-15-37(16-3-1)52-54-47-24-11-9-20-42(47)49(55-52)36-27-25-35(26-28-36)38-21-12-23-44-48(38)41-19-8-10-22-43(41)53(44)45-31-29-33-13-4-6-17-39(33)50(45)56-51-40-18-7-5-14-34(40)30-32-46(51)53/h1-32,52,54H. The van der Waals surface area contributed by atoms with E-state index < -0.39 is 5.41 Å². The number of anilines is 1. The number of nitrogens with zero attached hydrogens (tertiary/aromatic N) is 1. The molecule has 9 aromatic rings. The summed E-state index contributed by atoms with van der Waals surface area (Å²) >= 11 is 1.95. The number of nitrogens with one attached hydrogen (secondary N) is 1. The fraction of sp³-hybridized carbons (Fsp3) is 0.0377. The van der Waals surface area contributed by atoms with Crippen molar-refractivity contribution >= 4 is 44.7 Å². The summed E-state index contributed by atoms with van der Waals surface area (Å²) in [6.45, 7) is 0. The van der Waals surface area contributed by atoms with Gasteiger partial charge in [-0.05, 0) is 77.7 Å². The second-order valence-electron chi connectivity index (χ2n) is 15.0. The number of benzene rings is 9. The third kappa shape index (κ3) is 4.43. The van der Waals surface area contributed by atoms with Crippen molar-refractivity contribution in [2.75, 3.05) is 5.32 Å². The third-order valence-electron chi connectivity index (χ3n) is 12.2. The van der Waals surface area contributed by atoms with E-state index in [1.165, 1.54) is 75.8 Å². The number of aliphatic imine (C=N–C) groups is 1. The van der Waals surface area contributed by atoms with Crippen molar-refractivity contribution < 1.29 is 0 Å². The Bertz CT molecular complexity index is 3000. The maximum atomic E-state index is 5.30. The first-order chi connectivity index (χ1) is 27.8. The van der Waals surface area contributed by atoms with Crippen LogP contribution in [-0.4, -0.2) is 5.71 Å². The van der Waals surface area contributed by atoms with Crippen LogP contribution in [0.1, 0.15) is 45.1 Å². The van der Waals surface area contributed by atoms with E-state index in [0.29, 0.717) is 0 Å². The summed E-state index contributed by atoms with van der Waals surface area (Å²) in [6, 6.07) is 71.5. The predicted molar refractivity (Wildman–Crippen MR) is 233 cm³/mol. The minimum absolute atomic E-state index is 0.153. The van der Waals surface area contributed by atoms with Gasteiger partial charge in [-0.1, -0.05) is 200 Å². The van der Waals surface area contributed by atoms with Gasteiger partial charge in [0.1, 0.15) is 6.17 Å². The molecule has 2 nitrogen and oxygen atoms in total. The fourth-order valence-corrected chi connectivity index (χ4v) is 11.2. The van der Waals surface area contributed by atoms with Crippen LogP contribution in [-0.2, 0) is 5.41 Å². The van der Waals surface area contributed by atoms with E-state index in [1.807, 2.05) is 11.8 Å². The molecule has 12 rings (SSSR count). The lowest BCUT2D eigenvalue weighted by molar-refractivity contribution is 0.729. The molecule has 1 spiro atoms. The molecule has 262 valence electrons. The van der Waals surface area contributed by atoms with Gasteiger partial charge in [-0.3, -0.25) is 4.99 Å². The van der Waals surface area contributed by atoms with Crippen LogP contribution in [0.2, 0.25) is 0 Å². The Labute approximate surface area is 330 Å². The molecule has 2 heterocycles. The molecule has 1 unspecified atom stereocenters. The van der Waals surface area contributed by atoms with Crippen molar-refractivity contribution in [1.29, 1.82) is 0 Å². The summed E-state index contributed by atoms with van der Waals surface area (Å²) in [4.78, 5) is 8.00. The van der Waals surface area contributed by atoms with Gasteiger partial charge in [0.2, 0.25) is 0 Å². The zero-order valence-electron chi connectivity index (χ0n) is 30.4. The van der Waals surface area contributed by atoms with E-state index in [-0.39, 0.29) is 6.17 Å². The van der Waals surface area contributed by atoms with Crippen molar-refractivity contribution in [2.45, 2.75) is 21.4 Å². The molecule has 1 N–H and O–H groups in total. The highest BCUT2D eigenvalue weighted by Gasteiger charge is 2.51. The third-order valence-corrected chi connectivity index (χ3v) is 13.4. The van der Waals surface area contributed by atoms with Crippen molar-refractivity contribution in [3.63, 3.8) is 0 Å². The Morgan fingerprint density at radius 2 is 1.00 bits per heavy atom. The Morgan fingerprint density at radius 1 is 0.429 bits per heavy atom. The Kier molecular flexibility index (Phi) is 6.87. The second-order valence-corrected chi connectivity index (χ2v) is 16.0. The van der Waals surface area contributed by atoms with Gasteiger partial charge in [-0.2, -0.15) is 0 Å². The van der Waals surface area contributed by atoms with Crippen LogP contribution in [0.25, 0.3) is 43.8 Å². The average Bonchev–Trinajstić information content (AvgIpc) is 3.57. The zero-order valence-corrected chi connectivity index (χ0v) is 31.2. The highest BCUT2D eigenvalue weighted by atomic mass is 32.2. The van der Waals surface area contributed by atoms with Crippen LogP contribution in [0.4, 0.5) is 5.69 Å². The number of fused-ring (bicyclic) bond motifs is 14. The van der Waals surface area contributed by atoms with Gasteiger partial charge < -0.3 is 5.32 Å². The first-order valence-electron chi connectivity index (χ1n) is 19.3. The molecule has 0 radical (unpaired) electrons. The van der Waals surface area contributed by atoms with Crippen molar-refractivity contribution in [3.8, 4) is 22.3 Å². The SMILES string of the molecule is c1ccc(C2N=C(c3ccc(-c4cccc5c4-c4ccccc4C54c5ccc6ccccc6c5Sc5c4ccc4ccccc54)cc3)c3ccccc3N2)cc1. The fourth-order valence-electron chi connectivity index (χ4n) is 9.72. The number of para-hydroxylation sites is 1. The Balaban J connectivity index is 1.07. The van der Waals surface area contributed by atoms with Gasteiger partial charge in [-0.15, -0.1) is 0 Å². The summed E-state index contributed by atoms with van der Waals surface area (Å²) in [6.07, 6.45) is -0.153. The first kappa shape index (κ1) is 31.6. The number of rotatable bonds is 3. The summed E-state index contributed by atoms with van der Waals surface area (Å²) in [5.41, 5.74) is 15.5. The van der Waals surface area contributed by atoms with E-state index >= 15 is 0 Å². The van der Waals surface area contributed by atoms with Crippen LogP contribution in [0.5, 0.6) is 0 Å². The van der Waals surface area contributed by atoms with Gasteiger partial charge in [0.15, 0.2) is 0 Å². The van der Waals surface area contributed by atoms with Crippen LogP contribution < -0.4 is 5.32 Å². The van der Waals surface area contributed by atoms with Crippen LogP contribution in [0.3, 0.4) is 0 Å². The molecule has 0 saturated heterocycles. The van der Waals surface area contributed by atoms with Crippen molar-refractivity contribution in [2.24, 2.45) is 4.99 Å². The predicted octanol–water partition coefficient (Wildman–Crippen LogP) is 13.4. The monoisotopic (exact) mass is 730 g/mol. The molecule has 0 amide bonds. The molecule has 9 aromatic carbocycles. The maximum Gasteiger partial charge on any atom is 0.145 e. The molecule has 1 aliphatic carbocycles. The summed E-state index contributed by atoms with van der Waals surface area (Å²) in [5.74, 6) is 0. The summed E-state index contributed by atoms with van der Waals surface area (Å²) in [5, 5.41) is 8.82. The van der Waals surface area contributed by atoms with Gasteiger partial charge in [-0.25, -0.2) is 0 Å². The Hall–Kier alpha value is -6.68. The van der Waals surface area contributed by atoms with Crippen molar-refractivity contribution in [3.05, 3.63) is 233 Å². The van der Waals surface area contributed by atoms with E-state index in [2.05, 4.69) is 199 Å². The average molecular weight is 731 g/mol. The van der Waals surface area contributed by atoms with Gasteiger partial charge >= 0.3 is 0 Å². The van der Waals surface area contributed by atoms with Gasteiger partial charge in [0, 0.05) is 26.6 Å². The molecular formula is C53H34N2S. The van der Waals surface area contributed by atoms with E-state index in [1.54, 1.807) is 0 Å². The molecule has 3 heteroatoms. The van der Waals surface area contributed by atoms with Crippen LogP contribution in [0, 0.1) is 0 Å². The molecule has 0 fully saturated rings. The topological polar surface area (TPSA) is 24.4 Å². The van der Waals surface area contributed by atoms with Crippen LogP contribution in [0.15, 0.2) is 209 Å². The molecule has 0 aromatic heterocycles. The van der Waals surface area contributed by atoms with Gasteiger partial charge in [0.25, 0.3) is 0 Å². The molecule has 1 atom stereocenters. The minimum atomic E-state index is -0.480. The molecule has 2 aliphatic heterocycles. The maximum absolute atomic E-state index is 5.30. The van der Waals surface area contributed by atoms with E-state index in [9.17, 15) is 0 Å².